The van der Waals surface area contributed by atoms with E-state index in [-0.39, 0.29) is 0 Å². The Hall–Kier alpha value is -0.520. The largest absolute Gasteiger partial charge is 0.544 e. The van der Waals surface area contributed by atoms with Crippen LogP contribution in [-0.2, 0) is 4.79 Å². The van der Waals surface area contributed by atoms with Crippen molar-refractivity contribution in [3.63, 3.8) is 0 Å². The Morgan fingerprint density at radius 1 is 1.30 bits per heavy atom. The van der Waals surface area contributed by atoms with Crippen molar-refractivity contribution in [2.24, 2.45) is 0 Å². The maximum Gasteiger partial charge on any atom is 0.389 e. The molecule has 0 N–H and O–H groups in total. The number of carboxylic acids is 1. The van der Waals surface area contributed by atoms with Crippen LogP contribution in [0.3, 0.4) is 0 Å². The van der Waals surface area contributed by atoms with Crippen molar-refractivity contribution in [1.82, 2.24) is 0 Å². The molecule has 0 unspecified atom stereocenters. The standard InChI is InChI=1S/C3HClF4O2/c4-3(7,8)2(5,6)1(9)10/h(H,9,10)/p-1. The van der Waals surface area contributed by atoms with E-state index in [1.807, 2.05) is 0 Å². The minimum Gasteiger partial charge on any atom is -0.544 e. The molecule has 0 spiro atoms. The van der Waals surface area contributed by atoms with Gasteiger partial charge in [0.1, 0.15) is 5.97 Å². The summed E-state index contributed by atoms with van der Waals surface area (Å²) in [6.45, 7) is 0. The van der Waals surface area contributed by atoms with E-state index in [0.29, 0.717) is 0 Å². The highest BCUT2D eigenvalue weighted by molar-refractivity contribution is 6.23. The van der Waals surface area contributed by atoms with Gasteiger partial charge in [-0.1, -0.05) is 0 Å². The van der Waals surface area contributed by atoms with Crippen molar-refractivity contribution in [3.8, 4) is 0 Å². The topological polar surface area (TPSA) is 40.1 Å². The summed E-state index contributed by atoms with van der Waals surface area (Å²) in [4.78, 5) is 9.24. The summed E-state index contributed by atoms with van der Waals surface area (Å²) in [6, 6.07) is 0. The molecule has 0 aromatic heterocycles. The average molecular weight is 179 g/mol. The van der Waals surface area contributed by atoms with E-state index in [0.717, 1.165) is 0 Å². The van der Waals surface area contributed by atoms with Gasteiger partial charge in [0.15, 0.2) is 0 Å². The van der Waals surface area contributed by atoms with E-state index in [1.165, 1.54) is 0 Å². The number of hydrogen-bond donors (Lipinski definition) is 0. The minimum absolute atomic E-state index is 3.20. The fraction of sp³-hybridized carbons (Fsp3) is 0.667. The lowest BCUT2D eigenvalue weighted by atomic mass is 10.3. The highest BCUT2D eigenvalue weighted by atomic mass is 35.5. The molecule has 10 heavy (non-hydrogen) atoms. The van der Waals surface area contributed by atoms with Gasteiger partial charge < -0.3 is 9.90 Å². The number of aliphatic carboxylic acids is 1. The summed E-state index contributed by atoms with van der Waals surface area (Å²) in [7, 11) is 0. The molecule has 0 amide bonds. The van der Waals surface area contributed by atoms with Gasteiger partial charge in [0.05, 0.1) is 0 Å². The molecule has 0 atom stereocenters. The van der Waals surface area contributed by atoms with E-state index in [9.17, 15) is 27.5 Å². The lowest BCUT2D eigenvalue weighted by Gasteiger charge is -2.20. The van der Waals surface area contributed by atoms with Crippen LogP contribution in [0.25, 0.3) is 0 Å². The van der Waals surface area contributed by atoms with E-state index in [4.69, 9.17) is 0 Å². The molecule has 0 heterocycles. The molecule has 0 rings (SSSR count). The summed E-state index contributed by atoms with van der Waals surface area (Å²) >= 11 is 3.72. The summed E-state index contributed by atoms with van der Waals surface area (Å²) in [5.41, 5.74) is 0. The molecule has 7 heteroatoms. The molecular weight excluding hydrogens is 179 g/mol. The Morgan fingerprint density at radius 3 is 1.60 bits per heavy atom. The fourth-order valence-corrected chi connectivity index (χ4v) is 0.193. The van der Waals surface area contributed by atoms with Crippen LogP contribution in [0.1, 0.15) is 0 Å². The van der Waals surface area contributed by atoms with E-state index >= 15 is 0 Å². The molecule has 0 aromatic rings. The fourth-order valence-electron chi connectivity index (χ4n) is 0.116. The maximum atomic E-state index is 11.5. The lowest BCUT2D eigenvalue weighted by Crippen LogP contribution is -2.51. The number of halogens is 5. The van der Waals surface area contributed by atoms with Crippen molar-refractivity contribution in [2.45, 2.75) is 11.3 Å². The molecule has 0 aliphatic carbocycles. The van der Waals surface area contributed by atoms with Crippen molar-refractivity contribution in [3.05, 3.63) is 0 Å². The highest BCUT2D eigenvalue weighted by Gasteiger charge is 2.56. The zero-order valence-electron chi connectivity index (χ0n) is 4.21. The van der Waals surface area contributed by atoms with E-state index in [2.05, 4.69) is 11.6 Å². The number of carboxylic acid groups (broad SMARTS) is 1. The molecule has 60 valence electrons. The summed E-state index contributed by atoms with van der Waals surface area (Å²) in [6.07, 6.45) is 0. The second kappa shape index (κ2) is 2.26. The second-order valence-electron chi connectivity index (χ2n) is 1.36. The van der Waals surface area contributed by atoms with Gasteiger partial charge >= 0.3 is 11.3 Å². The van der Waals surface area contributed by atoms with Gasteiger partial charge in [-0.05, 0) is 11.6 Å². The molecule has 0 bridgehead atoms. The van der Waals surface area contributed by atoms with Crippen LogP contribution < -0.4 is 5.11 Å². The Bertz CT molecular complexity index is 151. The summed E-state index contributed by atoms with van der Waals surface area (Å²) < 4.78 is 45.7. The maximum absolute atomic E-state index is 11.5. The van der Waals surface area contributed by atoms with Crippen LogP contribution in [0.5, 0.6) is 0 Å². The Labute approximate surface area is 57.4 Å². The van der Waals surface area contributed by atoms with E-state index < -0.39 is 17.3 Å². The number of rotatable bonds is 2. The van der Waals surface area contributed by atoms with Crippen molar-refractivity contribution in [1.29, 1.82) is 0 Å². The lowest BCUT2D eigenvalue weighted by molar-refractivity contribution is -0.341. The predicted octanol–water partition coefficient (Wildman–Crippen LogP) is 0.203. The Kier molecular flexibility index (Phi) is 2.15. The molecule has 0 fully saturated rings. The molecular formula is C3ClF4O2-. The monoisotopic (exact) mass is 179 g/mol. The van der Waals surface area contributed by atoms with Crippen LogP contribution in [0.4, 0.5) is 17.6 Å². The first kappa shape index (κ1) is 9.48. The quantitative estimate of drug-likeness (QED) is 0.449. The van der Waals surface area contributed by atoms with Gasteiger partial charge in [0.25, 0.3) is 0 Å². The molecule has 0 saturated heterocycles. The highest BCUT2D eigenvalue weighted by Crippen LogP contribution is 2.36. The number of hydrogen-bond acceptors (Lipinski definition) is 2. The van der Waals surface area contributed by atoms with Gasteiger partial charge in [-0.15, -0.1) is 0 Å². The minimum atomic E-state index is -5.32. The normalized spacial score (nSPS) is 13.3. The predicted molar refractivity (Wildman–Crippen MR) is 20.8 cm³/mol. The van der Waals surface area contributed by atoms with Gasteiger partial charge in [0.2, 0.25) is 0 Å². The van der Waals surface area contributed by atoms with Crippen LogP contribution in [-0.4, -0.2) is 17.3 Å². The van der Waals surface area contributed by atoms with Crippen LogP contribution in [0.15, 0.2) is 0 Å². The molecule has 0 saturated carbocycles. The third kappa shape index (κ3) is 1.50. The van der Waals surface area contributed by atoms with Crippen LogP contribution in [0.2, 0.25) is 0 Å². The van der Waals surface area contributed by atoms with Gasteiger partial charge in [-0.25, -0.2) is 0 Å². The van der Waals surface area contributed by atoms with Crippen molar-refractivity contribution < 1.29 is 27.5 Å². The molecule has 0 radical (unpaired) electrons. The first-order chi connectivity index (χ1) is 4.19. The molecule has 0 aliphatic rings. The zero-order chi connectivity index (χ0) is 8.58. The molecule has 0 aliphatic heterocycles. The number of carbonyl (C=O) groups is 1. The Morgan fingerprint density at radius 2 is 1.60 bits per heavy atom. The van der Waals surface area contributed by atoms with Gasteiger partial charge in [0, 0.05) is 0 Å². The number of alkyl halides is 5. The van der Waals surface area contributed by atoms with Gasteiger partial charge in [-0.2, -0.15) is 17.6 Å². The van der Waals surface area contributed by atoms with Crippen molar-refractivity contribution in [2.75, 3.05) is 0 Å². The van der Waals surface area contributed by atoms with Crippen LogP contribution >= 0.6 is 11.6 Å². The summed E-state index contributed by atoms with van der Waals surface area (Å²) in [5, 5.41) is 4.14. The van der Waals surface area contributed by atoms with E-state index in [1.54, 1.807) is 0 Å². The first-order valence-corrected chi connectivity index (χ1v) is 2.23. The summed E-state index contributed by atoms with van der Waals surface area (Å²) in [5.74, 6) is -8.53. The third-order valence-corrected chi connectivity index (χ3v) is 0.850. The third-order valence-electron chi connectivity index (χ3n) is 0.612. The zero-order valence-corrected chi connectivity index (χ0v) is 4.96. The molecule has 0 aromatic carbocycles. The smallest absolute Gasteiger partial charge is 0.389 e. The van der Waals surface area contributed by atoms with Crippen LogP contribution in [0, 0.1) is 0 Å². The first-order valence-electron chi connectivity index (χ1n) is 1.85. The second-order valence-corrected chi connectivity index (χ2v) is 1.83. The van der Waals surface area contributed by atoms with Crippen molar-refractivity contribution >= 4 is 17.6 Å². The SMILES string of the molecule is O=C([O-])C(F)(F)C(F)(F)Cl. The van der Waals surface area contributed by atoms with Gasteiger partial charge in [-0.3, -0.25) is 0 Å². The Balaban J connectivity index is 4.57. The molecule has 2 nitrogen and oxygen atoms in total. The number of carbonyl (C=O) groups excluding carboxylic acids is 1. The average Bonchev–Trinajstić information content (AvgIpc) is 1.62.